The predicted molar refractivity (Wildman–Crippen MR) is 146 cm³/mol. The topological polar surface area (TPSA) is 140 Å². The van der Waals surface area contributed by atoms with Crippen LogP contribution < -0.4 is 26.6 Å². The molecule has 0 aliphatic rings. The Balaban J connectivity index is 1.41. The molecule has 0 bridgehead atoms. The van der Waals surface area contributed by atoms with Crippen LogP contribution in [-0.4, -0.2) is 49.4 Å². The summed E-state index contributed by atoms with van der Waals surface area (Å²) in [4.78, 5) is 48.6. The summed E-state index contributed by atoms with van der Waals surface area (Å²) in [7, 11) is -3.54. The highest BCUT2D eigenvalue weighted by atomic mass is 31.2. The number of ether oxygens (including phenoxy) is 1. The number of rotatable bonds is 13. The highest BCUT2D eigenvalue weighted by molar-refractivity contribution is 7.74. The van der Waals surface area contributed by atoms with E-state index in [0.29, 0.717) is 10.6 Å². The molecule has 204 valence electrons. The van der Waals surface area contributed by atoms with Gasteiger partial charge in [-0.1, -0.05) is 66.7 Å². The molecule has 3 rings (SSSR count). The third-order valence-corrected chi connectivity index (χ3v) is 7.88. The average Bonchev–Trinajstić information content (AvgIpc) is 2.97. The summed E-state index contributed by atoms with van der Waals surface area (Å²) < 4.78 is 24.4. The number of hydrogen-bond acceptors (Lipinski definition) is 7. The Morgan fingerprint density at radius 2 is 1.31 bits per heavy atom. The molecule has 11 heteroatoms. The van der Waals surface area contributed by atoms with E-state index in [-0.39, 0.29) is 13.2 Å². The van der Waals surface area contributed by atoms with Gasteiger partial charge >= 0.3 is 6.09 Å². The largest absolute Gasteiger partial charge is 0.445 e. The fourth-order valence-electron chi connectivity index (χ4n) is 3.38. The van der Waals surface area contributed by atoms with Crippen LogP contribution in [0.15, 0.2) is 91.0 Å². The van der Waals surface area contributed by atoms with E-state index in [1.807, 2.05) is 18.2 Å². The summed E-state index contributed by atoms with van der Waals surface area (Å²) >= 11 is 0. The third kappa shape index (κ3) is 9.21. The summed E-state index contributed by atoms with van der Waals surface area (Å²) in [6, 6.07) is 25.2. The number of nitrogens with one attached hydrogen (secondary N) is 3. The minimum Gasteiger partial charge on any atom is -0.445 e. The van der Waals surface area contributed by atoms with E-state index < -0.39 is 50.3 Å². The van der Waals surface area contributed by atoms with Crippen molar-refractivity contribution in [1.82, 2.24) is 16.0 Å². The number of Topliss-reactive ketones (excluding diaryl/α,β-unsaturated/α-hetero) is 1. The van der Waals surface area contributed by atoms with Gasteiger partial charge in [-0.15, -0.1) is 0 Å². The van der Waals surface area contributed by atoms with E-state index in [0.717, 1.165) is 5.56 Å². The lowest BCUT2D eigenvalue weighted by Gasteiger charge is -2.19. The molecule has 0 unspecified atom stereocenters. The van der Waals surface area contributed by atoms with Crippen LogP contribution in [0.3, 0.4) is 0 Å². The van der Waals surface area contributed by atoms with Crippen LogP contribution in [-0.2, 0) is 34.8 Å². The van der Waals surface area contributed by atoms with Gasteiger partial charge in [-0.2, -0.15) is 0 Å². The van der Waals surface area contributed by atoms with Gasteiger partial charge in [0.1, 0.15) is 25.8 Å². The number of alkyl carbamates (subject to hydrolysis) is 1. The lowest BCUT2D eigenvalue weighted by atomic mass is 10.2. The molecule has 0 spiro atoms. The SMILES string of the molecule is C[C@H](NC(=O)CNC(=O)OCc1ccccc1)C(=O)NCC(=O)COP(=O)(c1ccccc1)c1ccccc1. The van der Waals surface area contributed by atoms with Gasteiger partial charge in [-0.05, 0) is 36.8 Å². The molecule has 0 aromatic heterocycles. The summed E-state index contributed by atoms with van der Waals surface area (Å²) in [6.07, 6.45) is -0.778. The van der Waals surface area contributed by atoms with Gasteiger partial charge in [0, 0.05) is 10.6 Å². The Morgan fingerprint density at radius 3 is 1.87 bits per heavy atom. The van der Waals surface area contributed by atoms with Gasteiger partial charge in [-0.3, -0.25) is 18.9 Å². The Bertz CT molecular complexity index is 1260. The second-order valence-electron chi connectivity index (χ2n) is 8.46. The smallest absolute Gasteiger partial charge is 0.407 e. The molecule has 0 aliphatic carbocycles. The van der Waals surface area contributed by atoms with Crippen LogP contribution in [0.2, 0.25) is 0 Å². The van der Waals surface area contributed by atoms with Crippen LogP contribution in [0.5, 0.6) is 0 Å². The second-order valence-corrected chi connectivity index (χ2v) is 10.9. The zero-order chi connectivity index (χ0) is 28.1. The van der Waals surface area contributed by atoms with Crippen molar-refractivity contribution in [1.29, 1.82) is 0 Å². The van der Waals surface area contributed by atoms with Gasteiger partial charge in [0.2, 0.25) is 11.8 Å². The molecule has 3 aromatic carbocycles. The first kappa shape index (κ1) is 29.3. The zero-order valence-electron chi connectivity index (χ0n) is 21.4. The summed E-state index contributed by atoms with van der Waals surface area (Å²) in [5.74, 6) is -1.73. The second kappa shape index (κ2) is 14.6. The van der Waals surface area contributed by atoms with E-state index in [4.69, 9.17) is 9.26 Å². The van der Waals surface area contributed by atoms with Crippen molar-refractivity contribution in [2.24, 2.45) is 0 Å². The quantitative estimate of drug-likeness (QED) is 0.276. The van der Waals surface area contributed by atoms with E-state index in [1.165, 1.54) is 6.92 Å². The minimum atomic E-state index is -3.54. The molecule has 39 heavy (non-hydrogen) atoms. The Hall–Kier alpha value is -4.27. The first-order valence-electron chi connectivity index (χ1n) is 12.2. The lowest BCUT2D eigenvalue weighted by Crippen LogP contribution is -2.49. The number of benzene rings is 3. The van der Waals surface area contributed by atoms with Crippen molar-refractivity contribution < 1.29 is 33.0 Å². The van der Waals surface area contributed by atoms with Gasteiger partial charge in [-0.25, -0.2) is 4.79 Å². The van der Waals surface area contributed by atoms with Crippen LogP contribution in [0, 0.1) is 0 Å². The van der Waals surface area contributed by atoms with E-state index >= 15 is 0 Å². The maximum Gasteiger partial charge on any atom is 0.407 e. The van der Waals surface area contributed by atoms with Crippen molar-refractivity contribution in [3.05, 3.63) is 96.6 Å². The van der Waals surface area contributed by atoms with Crippen molar-refractivity contribution in [2.45, 2.75) is 19.6 Å². The molecule has 3 amide bonds. The Kier molecular flexibility index (Phi) is 11.0. The van der Waals surface area contributed by atoms with E-state index in [2.05, 4.69) is 16.0 Å². The van der Waals surface area contributed by atoms with Crippen LogP contribution in [0.4, 0.5) is 4.79 Å². The fraction of sp³-hybridized carbons (Fsp3) is 0.214. The summed E-state index contributed by atoms with van der Waals surface area (Å²) in [5, 5.41) is 8.04. The number of carbonyl (C=O) groups excluding carboxylic acids is 4. The van der Waals surface area contributed by atoms with Crippen molar-refractivity contribution >= 4 is 41.7 Å². The molecule has 3 N–H and O–H groups in total. The summed E-state index contributed by atoms with van der Waals surface area (Å²) in [5.41, 5.74) is 0.797. The highest BCUT2D eigenvalue weighted by Crippen LogP contribution is 2.44. The molecule has 0 heterocycles. The monoisotopic (exact) mass is 551 g/mol. The van der Waals surface area contributed by atoms with Crippen LogP contribution in [0.1, 0.15) is 12.5 Å². The van der Waals surface area contributed by atoms with Gasteiger partial charge in [0.25, 0.3) is 7.37 Å². The van der Waals surface area contributed by atoms with Gasteiger partial charge in [0.15, 0.2) is 5.78 Å². The molecular weight excluding hydrogens is 521 g/mol. The fourth-order valence-corrected chi connectivity index (χ4v) is 5.44. The number of amides is 3. The molecular formula is C28H30N3O7P. The molecule has 0 saturated heterocycles. The molecule has 10 nitrogen and oxygen atoms in total. The van der Waals surface area contributed by atoms with Crippen molar-refractivity contribution in [3.8, 4) is 0 Å². The van der Waals surface area contributed by atoms with Crippen molar-refractivity contribution in [2.75, 3.05) is 19.7 Å². The number of ketones is 1. The molecule has 0 aliphatic heterocycles. The molecule has 0 radical (unpaired) electrons. The zero-order valence-corrected chi connectivity index (χ0v) is 22.3. The lowest BCUT2D eigenvalue weighted by molar-refractivity contribution is -0.129. The average molecular weight is 552 g/mol. The third-order valence-electron chi connectivity index (χ3n) is 5.44. The van der Waals surface area contributed by atoms with Crippen LogP contribution in [0.25, 0.3) is 0 Å². The highest BCUT2D eigenvalue weighted by Gasteiger charge is 2.29. The Labute approximate surface area is 226 Å². The molecule has 0 saturated carbocycles. The number of hydrogen-bond donors (Lipinski definition) is 3. The first-order chi connectivity index (χ1) is 18.8. The van der Waals surface area contributed by atoms with Gasteiger partial charge in [0.05, 0.1) is 6.54 Å². The summed E-state index contributed by atoms with van der Waals surface area (Å²) in [6.45, 7) is 0.216. The minimum absolute atomic E-state index is 0.0526. The standard InChI is InChI=1S/C28H30N3O7P/c1-21(31-26(33)18-30-28(35)37-19-22-11-5-2-6-12-22)27(34)29-17-23(32)20-38-39(36,24-13-7-3-8-14-24)25-15-9-4-10-16-25/h2-16,21H,17-20H2,1H3,(H,29,34)(H,30,35)(H,31,33)/t21-/m0/s1. The maximum absolute atomic E-state index is 13.8. The maximum atomic E-state index is 13.8. The number of carbonyl (C=O) groups is 4. The normalized spacial score (nSPS) is 11.6. The molecule has 3 aromatic rings. The molecule has 1 atom stereocenters. The van der Waals surface area contributed by atoms with E-state index in [9.17, 15) is 23.7 Å². The van der Waals surface area contributed by atoms with E-state index in [1.54, 1.807) is 72.8 Å². The Morgan fingerprint density at radius 1 is 0.769 bits per heavy atom. The first-order valence-corrected chi connectivity index (χ1v) is 13.8. The van der Waals surface area contributed by atoms with Gasteiger partial charge < -0.3 is 25.2 Å². The van der Waals surface area contributed by atoms with Crippen LogP contribution >= 0.6 is 7.37 Å². The van der Waals surface area contributed by atoms with Crippen molar-refractivity contribution in [3.63, 3.8) is 0 Å². The predicted octanol–water partition coefficient (Wildman–Crippen LogP) is 2.05. The molecule has 0 fully saturated rings.